The number of benzene rings is 3. The number of nitrogens with one attached hydrogen (secondary N) is 1. The fourth-order valence-electron chi connectivity index (χ4n) is 4.27. The topological polar surface area (TPSA) is 59.3 Å². The Kier molecular flexibility index (Phi) is 6.17. The second kappa shape index (κ2) is 9.57. The molecule has 6 heteroatoms. The van der Waals surface area contributed by atoms with Crippen LogP contribution in [0.2, 0.25) is 5.02 Å². The van der Waals surface area contributed by atoms with Gasteiger partial charge in [-0.2, -0.15) is 5.10 Å². The highest BCUT2D eigenvalue weighted by molar-refractivity contribution is 6.30. The average Bonchev–Trinajstić information content (AvgIpc) is 3.16. The Morgan fingerprint density at radius 2 is 1.71 bits per heavy atom. The van der Waals surface area contributed by atoms with Crippen molar-refractivity contribution >= 4 is 34.6 Å². The normalized spacial score (nSPS) is 11.3. The maximum atomic E-state index is 13.2. The van der Waals surface area contributed by atoms with Crippen molar-refractivity contribution in [2.45, 2.75) is 13.8 Å². The molecule has 2 heterocycles. The number of nitrogens with zero attached hydrogens (tertiary/aromatic N) is 3. The molecule has 0 saturated carbocycles. The van der Waals surface area contributed by atoms with Crippen LogP contribution in [-0.4, -0.2) is 21.7 Å². The first kappa shape index (κ1) is 22.6. The Morgan fingerprint density at radius 1 is 0.943 bits per heavy atom. The van der Waals surface area contributed by atoms with Crippen molar-refractivity contribution < 1.29 is 4.79 Å². The molecule has 0 fully saturated rings. The first-order valence-corrected chi connectivity index (χ1v) is 11.6. The van der Waals surface area contributed by atoms with Gasteiger partial charge in [-0.05, 0) is 50.2 Å². The zero-order valence-electron chi connectivity index (χ0n) is 19.4. The summed E-state index contributed by atoms with van der Waals surface area (Å²) >= 11 is 6.18. The van der Waals surface area contributed by atoms with E-state index in [9.17, 15) is 4.79 Å². The number of hydrogen-bond donors (Lipinski definition) is 1. The van der Waals surface area contributed by atoms with Crippen LogP contribution in [0, 0.1) is 13.8 Å². The number of carbonyl (C=O) groups is 1. The standard InChI is InChI=1S/C29H23ClN4O/c1-19-15-22(20(2)34(19)24-12-8-11-23(30)16-24)18-31-33-29(35)26-17-28(21-9-4-3-5-10-21)32-27-14-7-6-13-25(26)27/h3-18H,1-2H3,(H,33,35)/b31-18+. The molecule has 0 saturated heterocycles. The Labute approximate surface area is 208 Å². The van der Waals surface area contributed by atoms with Gasteiger partial charge in [-0.3, -0.25) is 4.79 Å². The van der Waals surface area contributed by atoms with Gasteiger partial charge in [-0.1, -0.05) is 66.2 Å². The van der Waals surface area contributed by atoms with Gasteiger partial charge in [0.1, 0.15) is 0 Å². The molecule has 0 aliphatic rings. The maximum absolute atomic E-state index is 13.2. The predicted molar refractivity (Wildman–Crippen MR) is 142 cm³/mol. The van der Waals surface area contributed by atoms with Crippen LogP contribution in [0.4, 0.5) is 0 Å². The summed E-state index contributed by atoms with van der Waals surface area (Å²) in [5.74, 6) is -0.291. The number of aromatic nitrogens is 2. The average molecular weight is 479 g/mol. The minimum Gasteiger partial charge on any atom is -0.318 e. The Balaban J connectivity index is 1.44. The van der Waals surface area contributed by atoms with E-state index < -0.39 is 0 Å². The lowest BCUT2D eigenvalue weighted by Gasteiger charge is -2.10. The van der Waals surface area contributed by atoms with Gasteiger partial charge >= 0.3 is 0 Å². The summed E-state index contributed by atoms with van der Waals surface area (Å²) in [6.07, 6.45) is 1.67. The lowest BCUT2D eigenvalue weighted by Crippen LogP contribution is -2.18. The van der Waals surface area contributed by atoms with Crippen molar-refractivity contribution in [2.75, 3.05) is 0 Å². The molecule has 0 atom stereocenters. The summed E-state index contributed by atoms with van der Waals surface area (Å²) in [6, 6.07) is 29.0. The summed E-state index contributed by atoms with van der Waals surface area (Å²) in [5.41, 5.74) is 9.60. The van der Waals surface area contributed by atoms with Crippen LogP contribution >= 0.6 is 11.6 Å². The minimum absolute atomic E-state index is 0.291. The van der Waals surface area contributed by atoms with Crippen LogP contribution in [0.25, 0.3) is 27.8 Å². The number of amides is 1. The molecule has 1 N–H and O–H groups in total. The number of halogens is 1. The molecule has 5 nitrogen and oxygen atoms in total. The molecule has 0 radical (unpaired) electrons. The van der Waals surface area contributed by atoms with Crippen molar-refractivity contribution in [3.63, 3.8) is 0 Å². The second-order valence-electron chi connectivity index (χ2n) is 8.28. The van der Waals surface area contributed by atoms with Crippen molar-refractivity contribution in [2.24, 2.45) is 5.10 Å². The predicted octanol–water partition coefficient (Wildman–Crippen LogP) is 6.73. The molecule has 2 aromatic heterocycles. The third kappa shape index (κ3) is 4.59. The molecule has 1 amide bonds. The van der Waals surface area contributed by atoms with Crippen LogP contribution in [-0.2, 0) is 0 Å². The van der Waals surface area contributed by atoms with Crippen molar-refractivity contribution in [1.82, 2.24) is 15.0 Å². The van der Waals surface area contributed by atoms with E-state index in [1.165, 1.54) is 0 Å². The van der Waals surface area contributed by atoms with Gasteiger partial charge in [-0.15, -0.1) is 0 Å². The molecule has 5 aromatic rings. The quantitative estimate of drug-likeness (QED) is 0.225. The third-order valence-corrected chi connectivity index (χ3v) is 6.17. The number of para-hydroxylation sites is 1. The molecule has 0 aliphatic heterocycles. The van der Waals surface area contributed by atoms with Crippen LogP contribution in [0.1, 0.15) is 27.3 Å². The summed E-state index contributed by atoms with van der Waals surface area (Å²) in [6.45, 7) is 4.04. The number of hydrazone groups is 1. The van der Waals surface area contributed by atoms with E-state index in [4.69, 9.17) is 16.6 Å². The smallest absolute Gasteiger partial charge is 0.272 e. The van der Waals surface area contributed by atoms with Crippen LogP contribution in [0.5, 0.6) is 0 Å². The number of rotatable bonds is 5. The lowest BCUT2D eigenvalue weighted by atomic mass is 10.0. The zero-order valence-corrected chi connectivity index (χ0v) is 20.1. The number of fused-ring (bicyclic) bond motifs is 1. The molecule has 0 bridgehead atoms. The number of pyridine rings is 1. The van der Waals surface area contributed by atoms with Crippen molar-refractivity contribution in [3.05, 3.63) is 119 Å². The Bertz CT molecular complexity index is 1570. The highest BCUT2D eigenvalue weighted by Gasteiger charge is 2.14. The number of hydrogen-bond acceptors (Lipinski definition) is 3. The van der Waals surface area contributed by atoms with Gasteiger partial charge in [0.05, 0.1) is 23.0 Å². The SMILES string of the molecule is Cc1cc(/C=N/NC(=O)c2cc(-c3ccccc3)nc3ccccc23)c(C)n1-c1cccc(Cl)c1. The van der Waals surface area contributed by atoms with E-state index >= 15 is 0 Å². The largest absolute Gasteiger partial charge is 0.318 e. The van der Waals surface area contributed by atoms with Crippen LogP contribution < -0.4 is 5.43 Å². The van der Waals surface area contributed by atoms with Gasteiger partial charge in [-0.25, -0.2) is 10.4 Å². The molecule has 172 valence electrons. The van der Waals surface area contributed by atoms with Gasteiger partial charge in [0.2, 0.25) is 0 Å². The van der Waals surface area contributed by atoms with E-state index in [2.05, 4.69) is 15.1 Å². The number of aryl methyl sites for hydroxylation is 1. The van der Waals surface area contributed by atoms with Crippen LogP contribution in [0.3, 0.4) is 0 Å². The van der Waals surface area contributed by atoms with E-state index in [1.807, 2.05) is 105 Å². The van der Waals surface area contributed by atoms with E-state index in [1.54, 1.807) is 6.21 Å². The summed E-state index contributed by atoms with van der Waals surface area (Å²) in [5, 5.41) is 5.72. The maximum Gasteiger partial charge on any atom is 0.272 e. The highest BCUT2D eigenvalue weighted by atomic mass is 35.5. The molecule has 5 rings (SSSR count). The molecular weight excluding hydrogens is 456 g/mol. The summed E-state index contributed by atoms with van der Waals surface area (Å²) in [4.78, 5) is 17.9. The second-order valence-corrected chi connectivity index (χ2v) is 8.72. The Hall–Kier alpha value is -4.22. The Morgan fingerprint density at radius 3 is 2.51 bits per heavy atom. The van der Waals surface area contributed by atoms with Gasteiger partial charge in [0.25, 0.3) is 5.91 Å². The van der Waals surface area contributed by atoms with Crippen LogP contribution in [0.15, 0.2) is 96.1 Å². The molecule has 0 spiro atoms. The van der Waals surface area contributed by atoms with Crippen molar-refractivity contribution in [3.8, 4) is 16.9 Å². The fraction of sp³-hybridized carbons (Fsp3) is 0.0690. The van der Waals surface area contributed by atoms with E-state index in [-0.39, 0.29) is 5.91 Å². The first-order chi connectivity index (χ1) is 17.0. The van der Waals surface area contributed by atoms with Gasteiger partial charge < -0.3 is 4.57 Å². The van der Waals surface area contributed by atoms with Crippen molar-refractivity contribution in [1.29, 1.82) is 0 Å². The number of carbonyl (C=O) groups excluding carboxylic acids is 1. The molecule has 0 unspecified atom stereocenters. The molecular formula is C29H23ClN4O. The van der Waals surface area contributed by atoms with E-state index in [0.717, 1.165) is 44.8 Å². The van der Waals surface area contributed by atoms with Gasteiger partial charge in [0.15, 0.2) is 0 Å². The summed E-state index contributed by atoms with van der Waals surface area (Å²) < 4.78 is 2.11. The molecule has 35 heavy (non-hydrogen) atoms. The fourth-order valence-corrected chi connectivity index (χ4v) is 4.46. The zero-order chi connectivity index (χ0) is 24.4. The summed E-state index contributed by atoms with van der Waals surface area (Å²) in [7, 11) is 0. The monoisotopic (exact) mass is 478 g/mol. The van der Waals surface area contributed by atoms with Gasteiger partial charge in [0, 0.05) is 38.6 Å². The highest BCUT2D eigenvalue weighted by Crippen LogP contribution is 2.25. The molecule has 3 aromatic carbocycles. The lowest BCUT2D eigenvalue weighted by molar-refractivity contribution is 0.0956. The first-order valence-electron chi connectivity index (χ1n) is 11.2. The minimum atomic E-state index is -0.291. The molecule has 0 aliphatic carbocycles. The van der Waals surface area contributed by atoms with E-state index in [0.29, 0.717) is 10.6 Å². The third-order valence-electron chi connectivity index (χ3n) is 5.94.